The van der Waals surface area contributed by atoms with E-state index in [-0.39, 0.29) is 5.91 Å². The van der Waals surface area contributed by atoms with Gasteiger partial charge in [0, 0.05) is 29.2 Å². The second-order valence-electron chi connectivity index (χ2n) is 5.98. The van der Waals surface area contributed by atoms with Gasteiger partial charge in [0.2, 0.25) is 0 Å². The lowest BCUT2D eigenvalue weighted by Crippen LogP contribution is -2.22. The van der Waals surface area contributed by atoms with Gasteiger partial charge >= 0.3 is 0 Å². The summed E-state index contributed by atoms with van der Waals surface area (Å²) in [5.41, 5.74) is 2.76. The molecule has 0 atom stereocenters. The van der Waals surface area contributed by atoms with E-state index in [4.69, 9.17) is 4.74 Å². The third-order valence-corrected chi connectivity index (χ3v) is 4.22. The number of aromatic nitrogens is 1. The van der Waals surface area contributed by atoms with Crippen molar-refractivity contribution in [3.05, 3.63) is 96.2 Å². The van der Waals surface area contributed by atoms with Crippen LogP contribution in [0.25, 0.3) is 10.9 Å². The van der Waals surface area contributed by atoms with Crippen LogP contribution in [0.3, 0.4) is 0 Å². The normalized spacial score (nSPS) is 10.6. The molecule has 0 aliphatic heterocycles. The summed E-state index contributed by atoms with van der Waals surface area (Å²) < 4.78 is 5.75. The molecule has 1 aromatic heterocycles. The lowest BCUT2D eigenvalue weighted by Gasteiger charge is -2.08. The zero-order valence-electron chi connectivity index (χ0n) is 14.1. The van der Waals surface area contributed by atoms with Crippen molar-refractivity contribution >= 4 is 16.8 Å². The fraction of sp³-hybridized carbons (Fsp3) is 0.0455. The number of fused-ring (bicyclic) bond motifs is 1. The van der Waals surface area contributed by atoms with Crippen molar-refractivity contribution in [2.75, 3.05) is 0 Å². The molecular formula is C22H18N2O2. The third-order valence-electron chi connectivity index (χ3n) is 4.22. The molecule has 26 heavy (non-hydrogen) atoms. The quantitative estimate of drug-likeness (QED) is 0.542. The van der Waals surface area contributed by atoms with Gasteiger partial charge in [-0.05, 0) is 54.1 Å². The number of H-pyrrole nitrogens is 1. The van der Waals surface area contributed by atoms with Crippen LogP contribution >= 0.6 is 0 Å². The Hall–Kier alpha value is -3.53. The summed E-state index contributed by atoms with van der Waals surface area (Å²) in [5.74, 6) is 1.36. The van der Waals surface area contributed by atoms with Crippen molar-refractivity contribution in [2.45, 2.75) is 6.54 Å². The zero-order valence-corrected chi connectivity index (χ0v) is 14.1. The van der Waals surface area contributed by atoms with E-state index in [1.54, 1.807) is 24.3 Å². The van der Waals surface area contributed by atoms with Gasteiger partial charge < -0.3 is 15.0 Å². The van der Waals surface area contributed by atoms with Crippen LogP contribution in [0.2, 0.25) is 0 Å². The number of rotatable bonds is 5. The first kappa shape index (κ1) is 16.0. The van der Waals surface area contributed by atoms with E-state index in [9.17, 15) is 4.79 Å². The standard InChI is InChI=1S/C22H18N2O2/c25-22(24-15-17-5-4-8-21-20(17)13-14-23-21)16-9-11-19(12-10-16)26-18-6-2-1-3-7-18/h1-14,23H,15H2,(H,24,25). The van der Waals surface area contributed by atoms with Crippen molar-refractivity contribution < 1.29 is 9.53 Å². The average molecular weight is 342 g/mol. The Balaban J connectivity index is 1.41. The van der Waals surface area contributed by atoms with E-state index in [1.807, 2.05) is 60.8 Å². The molecule has 0 aliphatic carbocycles. The molecule has 4 rings (SSSR count). The van der Waals surface area contributed by atoms with Gasteiger partial charge in [-0.3, -0.25) is 4.79 Å². The van der Waals surface area contributed by atoms with Crippen LogP contribution in [0.1, 0.15) is 15.9 Å². The van der Waals surface area contributed by atoms with E-state index in [2.05, 4.69) is 10.3 Å². The average Bonchev–Trinajstić information content (AvgIpc) is 3.17. The van der Waals surface area contributed by atoms with Crippen LogP contribution in [0.4, 0.5) is 0 Å². The molecule has 2 N–H and O–H groups in total. The number of ether oxygens (including phenoxy) is 1. The molecule has 0 saturated heterocycles. The molecule has 4 heteroatoms. The van der Waals surface area contributed by atoms with Crippen LogP contribution in [-0.4, -0.2) is 10.9 Å². The van der Waals surface area contributed by atoms with Crippen molar-refractivity contribution in [1.29, 1.82) is 0 Å². The number of hydrogen-bond acceptors (Lipinski definition) is 2. The molecule has 0 aliphatic rings. The summed E-state index contributed by atoms with van der Waals surface area (Å²) in [6, 6.07) is 24.7. The zero-order chi connectivity index (χ0) is 17.8. The Labute approximate surface area is 151 Å². The Bertz CT molecular complexity index is 1020. The maximum atomic E-state index is 12.4. The molecule has 0 spiro atoms. The summed E-state index contributed by atoms with van der Waals surface area (Å²) in [5, 5.41) is 4.10. The highest BCUT2D eigenvalue weighted by Gasteiger charge is 2.08. The monoisotopic (exact) mass is 342 g/mol. The van der Waals surface area contributed by atoms with Gasteiger partial charge in [-0.1, -0.05) is 30.3 Å². The molecule has 1 amide bonds. The van der Waals surface area contributed by atoms with Crippen LogP contribution < -0.4 is 10.1 Å². The minimum absolute atomic E-state index is 0.108. The summed E-state index contributed by atoms with van der Waals surface area (Å²) in [6.07, 6.45) is 1.90. The summed E-state index contributed by atoms with van der Waals surface area (Å²) in [6.45, 7) is 0.482. The fourth-order valence-electron chi connectivity index (χ4n) is 2.88. The fourth-order valence-corrected chi connectivity index (χ4v) is 2.88. The van der Waals surface area contributed by atoms with E-state index in [0.29, 0.717) is 17.9 Å². The third kappa shape index (κ3) is 3.44. The van der Waals surface area contributed by atoms with Gasteiger partial charge in [-0.2, -0.15) is 0 Å². The molecular weight excluding hydrogens is 324 g/mol. The predicted octanol–water partition coefficient (Wildman–Crippen LogP) is 4.89. The number of para-hydroxylation sites is 1. The predicted molar refractivity (Wildman–Crippen MR) is 102 cm³/mol. The van der Waals surface area contributed by atoms with Crippen LogP contribution in [0.15, 0.2) is 85.1 Å². The van der Waals surface area contributed by atoms with Gasteiger partial charge in [0.1, 0.15) is 11.5 Å². The molecule has 0 fully saturated rings. The minimum atomic E-state index is -0.108. The maximum absolute atomic E-state index is 12.4. The number of amides is 1. The highest BCUT2D eigenvalue weighted by Crippen LogP contribution is 2.21. The second-order valence-corrected chi connectivity index (χ2v) is 5.98. The molecule has 4 nitrogen and oxygen atoms in total. The number of hydrogen-bond donors (Lipinski definition) is 2. The molecule has 1 heterocycles. The van der Waals surface area contributed by atoms with Crippen LogP contribution in [0.5, 0.6) is 11.5 Å². The first-order chi connectivity index (χ1) is 12.8. The molecule has 0 radical (unpaired) electrons. The van der Waals surface area contributed by atoms with E-state index >= 15 is 0 Å². The molecule has 4 aromatic rings. The van der Waals surface area contributed by atoms with Crippen molar-refractivity contribution in [3.8, 4) is 11.5 Å². The number of aromatic amines is 1. The minimum Gasteiger partial charge on any atom is -0.457 e. The number of nitrogens with one attached hydrogen (secondary N) is 2. The molecule has 3 aromatic carbocycles. The SMILES string of the molecule is O=C(NCc1cccc2[nH]ccc12)c1ccc(Oc2ccccc2)cc1. The first-order valence-corrected chi connectivity index (χ1v) is 8.46. The van der Waals surface area contributed by atoms with Crippen LogP contribution in [-0.2, 0) is 6.54 Å². The van der Waals surface area contributed by atoms with Gasteiger partial charge in [-0.15, -0.1) is 0 Å². The Morgan fingerprint density at radius 2 is 1.62 bits per heavy atom. The summed E-state index contributed by atoms with van der Waals surface area (Å²) >= 11 is 0. The lowest BCUT2D eigenvalue weighted by atomic mass is 10.1. The van der Waals surface area contributed by atoms with E-state index < -0.39 is 0 Å². The number of carbonyl (C=O) groups is 1. The van der Waals surface area contributed by atoms with Gasteiger partial charge in [0.15, 0.2) is 0 Å². The van der Waals surface area contributed by atoms with E-state index in [1.165, 1.54) is 0 Å². The highest BCUT2D eigenvalue weighted by molar-refractivity contribution is 5.94. The molecule has 128 valence electrons. The Morgan fingerprint density at radius 3 is 2.42 bits per heavy atom. The van der Waals surface area contributed by atoms with Crippen molar-refractivity contribution in [1.82, 2.24) is 10.3 Å². The molecule has 0 saturated carbocycles. The maximum Gasteiger partial charge on any atom is 0.251 e. The van der Waals surface area contributed by atoms with Crippen molar-refractivity contribution in [3.63, 3.8) is 0 Å². The molecule has 0 unspecified atom stereocenters. The van der Waals surface area contributed by atoms with Crippen molar-refractivity contribution in [2.24, 2.45) is 0 Å². The Kier molecular flexibility index (Phi) is 4.39. The van der Waals surface area contributed by atoms with Crippen LogP contribution in [0, 0.1) is 0 Å². The Morgan fingerprint density at radius 1 is 0.846 bits per heavy atom. The smallest absolute Gasteiger partial charge is 0.251 e. The van der Waals surface area contributed by atoms with Gasteiger partial charge in [-0.25, -0.2) is 0 Å². The number of carbonyl (C=O) groups excluding carboxylic acids is 1. The highest BCUT2D eigenvalue weighted by atomic mass is 16.5. The molecule has 0 bridgehead atoms. The van der Waals surface area contributed by atoms with Gasteiger partial charge in [0.05, 0.1) is 0 Å². The van der Waals surface area contributed by atoms with E-state index in [0.717, 1.165) is 22.2 Å². The van der Waals surface area contributed by atoms with Gasteiger partial charge in [0.25, 0.3) is 5.91 Å². The summed E-state index contributed by atoms with van der Waals surface area (Å²) in [7, 11) is 0. The second kappa shape index (κ2) is 7.15. The lowest BCUT2D eigenvalue weighted by molar-refractivity contribution is 0.0951. The summed E-state index contributed by atoms with van der Waals surface area (Å²) in [4.78, 5) is 15.6. The largest absolute Gasteiger partial charge is 0.457 e. The first-order valence-electron chi connectivity index (χ1n) is 8.46. The topological polar surface area (TPSA) is 54.1 Å². The number of benzene rings is 3.